The summed E-state index contributed by atoms with van der Waals surface area (Å²) in [6, 6.07) is 12.7. The molecule has 0 unspecified atom stereocenters. The van der Waals surface area contributed by atoms with Gasteiger partial charge < -0.3 is 9.88 Å². The first kappa shape index (κ1) is 20.5. The van der Waals surface area contributed by atoms with Gasteiger partial charge in [-0.2, -0.15) is 0 Å². The third kappa shape index (κ3) is 4.40. The van der Waals surface area contributed by atoms with E-state index in [0.29, 0.717) is 29.8 Å². The molecular formula is C24H24N4O3. The third-order valence-electron chi connectivity index (χ3n) is 5.37. The highest BCUT2D eigenvalue weighted by Crippen LogP contribution is 2.24. The maximum absolute atomic E-state index is 12.6. The van der Waals surface area contributed by atoms with E-state index in [2.05, 4.69) is 10.3 Å². The van der Waals surface area contributed by atoms with Gasteiger partial charge in [-0.1, -0.05) is 37.6 Å². The zero-order chi connectivity index (χ0) is 21.8. The van der Waals surface area contributed by atoms with Crippen molar-refractivity contribution in [1.82, 2.24) is 19.8 Å². The zero-order valence-corrected chi connectivity index (χ0v) is 17.4. The molecule has 0 spiro atoms. The first-order valence-corrected chi connectivity index (χ1v) is 10.4. The van der Waals surface area contributed by atoms with E-state index in [1.807, 2.05) is 42.0 Å². The van der Waals surface area contributed by atoms with Crippen LogP contribution in [0.5, 0.6) is 0 Å². The van der Waals surface area contributed by atoms with Crippen LogP contribution in [-0.2, 0) is 13.1 Å². The summed E-state index contributed by atoms with van der Waals surface area (Å²) in [7, 11) is 0. The van der Waals surface area contributed by atoms with E-state index >= 15 is 0 Å². The van der Waals surface area contributed by atoms with Gasteiger partial charge in [0, 0.05) is 37.6 Å². The van der Waals surface area contributed by atoms with E-state index < -0.39 is 0 Å². The molecule has 0 saturated heterocycles. The zero-order valence-electron chi connectivity index (χ0n) is 17.4. The Morgan fingerprint density at radius 3 is 2.45 bits per heavy atom. The minimum atomic E-state index is -0.323. The average molecular weight is 416 g/mol. The molecule has 31 heavy (non-hydrogen) atoms. The van der Waals surface area contributed by atoms with Crippen molar-refractivity contribution in [2.24, 2.45) is 0 Å². The molecule has 7 nitrogen and oxygen atoms in total. The van der Waals surface area contributed by atoms with Gasteiger partial charge in [-0.25, -0.2) is 4.98 Å². The molecule has 7 heteroatoms. The summed E-state index contributed by atoms with van der Waals surface area (Å²) in [5, 5.41) is 2.88. The first-order chi connectivity index (χ1) is 15.1. The number of amides is 3. The number of unbranched alkanes of at least 4 members (excludes halogenated alkanes) is 1. The minimum absolute atomic E-state index is 0.280. The van der Waals surface area contributed by atoms with Crippen LogP contribution in [0, 0.1) is 0 Å². The molecular weight excluding hydrogens is 392 g/mol. The second-order valence-electron chi connectivity index (χ2n) is 7.61. The van der Waals surface area contributed by atoms with Gasteiger partial charge in [-0.15, -0.1) is 0 Å². The van der Waals surface area contributed by atoms with Crippen molar-refractivity contribution < 1.29 is 14.4 Å². The fourth-order valence-corrected chi connectivity index (χ4v) is 3.59. The minimum Gasteiger partial charge on any atom is -0.348 e. The van der Waals surface area contributed by atoms with E-state index in [1.54, 1.807) is 24.7 Å². The monoisotopic (exact) mass is 416 g/mol. The summed E-state index contributed by atoms with van der Waals surface area (Å²) < 4.78 is 1.99. The molecule has 0 saturated carbocycles. The predicted molar refractivity (Wildman–Crippen MR) is 116 cm³/mol. The second kappa shape index (κ2) is 8.95. The fraction of sp³-hybridized carbons (Fsp3) is 0.250. The molecule has 2 aromatic carbocycles. The van der Waals surface area contributed by atoms with Crippen LogP contribution in [0.3, 0.4) is 0 Å². The molecule has 1 aliphatic heterocycles. The van der Waals surface area contributed by atoms with E-state index in [-0.39, 0.29) is 17.7 Å². The molecule has 0 atom stereocenters. The quantitative estimate of drug-likeness (QED) is 0.571. The van der Waals surface area contributed by atoms with Crippen LogP contribution in [0.4, 0.5) is 0 Å². The SMILES string of the molecule is CCCCN1C(=O)c2ccc(C(=O)NCc3ccc(Cn4ccnc4)cc3)cc2C1=O. The smallest absolute Gasteiger partial charge is 0.261 e. The van der Waals surface area contributed by atoms with Crippen molar-refractivity contribution in [3.63, 3.8) is 0 Å². The molecule has 1 N–H and O–H groups in total. The molecule has 0 fully saturated rings. The van der Waals surface area contributed by atoms with E-state index in [9.17, 15) is 14.4 Å². The maximum Gasteiger partial charge on any atom is 0.261 e. The van der Waals surface area contributed by atoms with Crippen LogP contribution >= 0.6 is 0 Å². The van der Waals surface area contributed by atoms with E-state index in [0.717, 1.165) is 30.5 Å². The van der Waals surface area contributed by atoms with Gasteiger partial charge in [0.05, 0.1) is 17.5 Å². The van der Waals surface area contributed by atoms with Crippen molar-refractivity contribution in [2.75, 3.05) is 6.54 Å². The van der Waals surface area contributed by atoms with Crippen LogP contribution in [0.25, 0.3) is 0 Å². The first-order valence-electron chi connectivity index (χ1n) is 10.4. The number of aromatic nitrogens is 2. The number of nitrogens with zero attached hydrogens (tertiary/aromatic N) is 3. The van der Waals surface area contributed by atoms with Crippen LogP contribution in [0.15, 0.2) is 61.2 Å². The molecule has 2 heterocycles. The molecule has 4 rings (SSSR count). The van der Waals surface area contributed by atoms with Crippen molar-refractivity contribution in [2.45, 2.75) is 32.9 Å². The number of rotatable bonds is 8. The summed E-state index contributed by atoms with van der Waals surface area (Å²) in [5.41, 5.74) is 3.15. The number of fused-ring (bicyclic) bond motifs is 1. The number of benzene rings is 2. The maximum atomic E-state index is 12.6. The lowest BCUT2D eigenvalue weighted by Gasteiger charge is -2.12. The molecule has 0 bridgehead atoms. The Balaban J connectivity index is 1.38. The predicted octanol–water partition coefficient (Wildman–Crippen LogP) is 3.26. The summed E-state index contributed by atoms with van der Waals surface area (Å²) in [6.07, 6.45) is 7.08. The fourth-order valence-electron chi connectivity index (χ4n) is 3.59. The number of hydrogen-bond acceptors (Lipinski definition) is 4. The Bertz CT molecular complexity index is 1100. The lowest BCUT2D eigenvalue weighted by molar-refractivity contribution is 0.0652. The second-order valence-corrected chi connectivity index (χ2v) is 7.61. The Kier molecular flexibility index (Phi) is 5.93. The number of imide groups is 1. The topological polar surface area (TPSA) is 84.3 Å². The highest BCUT2D eigenvalue weighted by Gasteiger charge is 2.35. The summed E-state index contributed by atoms with van der Waals surface area (Å²) in [4.78, 5) is 42.9. The van der Waals surface area contributed by atoms with Crippen molar-refractivity contribution in [3.05, 3.63) is 89.0 Å². The Labute approximate surface area is 180 Å². The molecule has 158 valence electrons. The highest BCUT2D eigenvalue weighted by atomic mass is 16.2. The molecule has 3 aromatic rings. The van der Waals surface area contributed by atoms with Gasteiger partial charge in [0.1, 0.15) is 0 Å². The molecule has 1 aromatic heterocycles. The van der Waals surface area contributed by atoms with E-state index in [1.165, 1.54) is 11.0 Å². The van der Waals surface area contributed by atoms with E-state index in [4.69, 9.17) is 0 Å². The largest absolute Gasteiger partial charge is 0.348 e. The van der Waals surface area contributed by atoms with Crippen molar-refractivity contribution in [3.8, 4) is 0 Å². The van der Waals surface area contributed by atoms with Crippen LogP contribution in [-0.4, -0.2) is 38.7 Å². The van der Waals surface area contributed by atoms with Gasteiger partial charge in [0.25, 0.3) is 17.7 Å². The number of hydrogen-bond donors (Lipinski definition) is 1. The third-order valence-corrected chi connectivity index (χ3v) is 5.37. The Morgan fingerprint density at radius 2 is 1.74 bits per heavy atom. The lowest BCUT2D eigenvalue weighted by atomic mass is 10.1. The Hall–Kier alpha value is -3.74. The summed E-state index contributed by atoms with van der Waals surface area (Å²) >= 11 is 0. The number of carbonyl (C=O) groups excluding carboxylic acids is 3. The lowest BCUT2D eigenvalue weighted by Crippen LogP contribution is -2.30. The summed E-state index contributed by atoms with van der Waals surface area (Å²) in [6.45, 7) is 3.52. The van der Waals surface area contributed by atoms with Crippen molar-refractivity contribution in [1.29, 1.82) is 0 Å². The normalized spacial score (nSPS) is 12.9. The average Bonchev–Trinajstić information content (AvgIpc) is 3.38. The van der Waals surface area contributed by atoms with Crippen molar-refractivity contribution >= 4 is 17.7 Å². The van der Waals surface area contributed by atoms with Crippen LogP contribution in [0.1, 0.15) is 62.0 Å². The summed E-state index contributed by atoms with van der Waals surface area (Å²) in [5.74, 6) is -0.884. The van der Waals surface area contributed by atoms with Gasteiger partial charge in [-0.05, 0) is 35.7 Å². The van der Waals surface area contributed by atoms with Gasteiger partial charge >= 0.3 is 0 Å². The molecule has 0 aliphatic carbocycles. The molecule has 0 radical (unpaired) electrons. The Morgan fingerprint density at radius 1 is 1.00 bits per heavy atom. The standard InChI is InChI=1S/C24H24N4O3/c1-2-3-11-28-23(30)20-9-8-19(13-21(20)24(28)31)22(29)26-14-17-4-6-18(7-5-17)15-27-12-10-25-16-27/h4-10,12-13,16H,2-3,11,14-15H2,1H3,(H,26,29). The van der Waals surface area contributed by atoms with Crippen LogP contribution < -0.4 is 5.32 Å². The van der Waals surface area contributed by atoms with Gasteiger partial charge in [0.15, 0.2) is 0 Å². The number of imidazole rings is 1. The number of carbonyl (C=O) groups is 3. The van der Waals surface area contributed by atoms with Gasteiger partial charge in [-0.3, -0.25) is 19.3 Å². The van der Waals surface area contributed by atoms with Gasteiger partial charge in [0.2, 0.25) is 0 Å². The molecule has 3 amide bonds. The van der Waals surface area contributed by atoms with Crippen LogP contribution in [0.2, 0.25) is 0 Å². The highest BCUT2D eigenvalue weighted by molar-refractivity contribution is 6.22. The number of nitrogens with one attached hydrogen (secondary N) is 1. The molecule has 1 aliphatic rings.